The molecule has 0 aromatic carbocycles. The Morgan fingerprint density at radius 3 is 2.57 bits per heavy atom. The molecule has 0 saturated carbocycles. The molecule has 0 unspecified atom stereocenters. The number of nitrogens with zero attached hydrogens (tertiary/aromatic N) is 2. The van der Waals surface area contributed by atoms with E-state index in [4.69, 9.17) is 0 Å². The fourth-order valence-corrected chi connectivity index (χ4v) is 1.62. The van der Waals surface area contributed by atoms with Crippen LogP contribution in [0.5, 0.6) is 0 Å². The summed E-state index contributed by atoms with van der Waals surface area (Å²) in [7, 11) is 1.87. The molecule has 78 valence electrons. The number of carbonyl (C=O) groups excluding carboxylic acids is 1. The van der Waals surface area contributed by atoms with Crippen molar-refractivity contribution in [2.24, 2.45) is 13.0 Å². The summed E-state index contributed by atoms with van der Waals surface area (Å²) < 4.78 is 1.73. The van der Waals surface area contributed by atoms with Gasteiger partial charge in [-0.25, -0.2) is 0 Å². The third-order valence-corrected chi connectivity index (χ3v) is 2.57. The minimum atomic E-state index is 0.206. The molecule has 0 aliphatic rings. The molecule has 1 rings (SSSR count). The number of hydrogen-bond acceptors (Lipinski definition) is 2. The van der Waals surface area contributed by atoms with Gasteiger partial charge in [0.25, 0.3) is 0 Å². The minimum Gasteiger partial charge on any atom is -0.299 e. The summed E-state index contributed by atoms with van der Waals surface area (Å²) in [5.41, 5.74) is 0.879. The fourth-order valence-electron chi connectivity index (χ4n) is 1.62. The van der Waals surface area contributed by atoms with Gasteiger partial charge >= 0.3 is 0 Å². The highest BCUT2D eigenvalue weighted by molar-refractivity contribution is 5.82. The highest BCUT2D eigenvalue weighted by Gasteiger charge is 2.15. The van der Waals surface area contributed by atoms with Gasteiger partial charge in [-0.15, -0.1) is 0 Å². The van der Waals surface area contributed by atoms with E-state index in [1.165, 1.54) is 0 Å². The first-order chi connectivity index (χ1) is 6.67. The van der Waals surface area contributed by atoms with Crippen LogP contribution in [0.1, 0.15) is 32.4 Å². The Labute approximate surface area is 85.1 Å². The first kappa shape index (κ1) is 11.0. The van der Waals surface area contributed by atoms with E-state index < -0.39 is 0 Å². The van der Waals surface area contributed by atoms with Crippen LogP contribution in [0.25, 0.3) is 0 Å². The van der Waals surface area contributed by atoms with Crippen LogP contribution in [0, 0.1) is 5.92 Å². The van der Waals surface area contributed by atoms with E-state index in [0.717, 1.165) is 18.5 Å². The molecule has 0 fully saturated rings. The largest absolute Gasteiger partial charge is 0.299 e. The van der Waals surface area contributed by atoms with Crippen LogP contribution in [0.4, 0.5) is 0 Å². The predicted octanol–water partition coefficient (Wildman–Crippen LogP) is 1.97. The second-order valence-corrected chi connectivity index (χ2v) is 3.64. The van der Waals surface area contributed by atoms with Gasteiger partial charge in [-0.3, -0.25) is 9.48 Å². The summed E-state index contributed by atoms with van der Waals surface area (Å²) in [5, 5.41) is 4.20. The molecule has 14 heavy (non-hydrogen) atoms. The molecule has 1 aromatic rings. The van der Waals surface area contributed by atoms with Gasteiger partial charge in [0.1, 0.15) is 5.78 Å². The Kier molecular flexibility index (Phi) is 3.86. The van der Waals surface area contributed by atoms with Crippen molar-refractivity contribution in [2.75, 3.05) is 0 Å². The molecule has 1 aromatic heterocycles. The Morgan fingerprint density at radius 2 is 2.14 bits per heavy atom. The lowest BCUT2D eigenvalue weighted by atomic mass is 9.95. The van der Waals surface area contributed by atoms with Gasteiger partial charge in [-0.05, 0) is 18.9 Å². The van der Waals surface area contributed by atoms with Crippen molar-refractivity contribution >= 4 is 5.78 Å². The van der Waals surface area contributed by atoms with Crippen LogP contribution in [-0.2, 0) is 18.3 Å². The molecule has 0 saturated heterocycles. The third kappa shape index (κ3) is 2.69. The minimum absolute atomic E-state index is 0.206. The van der Waals surface area contributed by atoms with Crippen molar-refractivity contribution in [2.45, 2.75) is 33.1 Å². The molecule has 0 amide bonds. The normalized spacial score (nSPS) is 10.9. The van der Waals surface area contributed by atoms with E-state index >= 15 is 0 Å². The summed E-state index contributed by atoms with van der Waals surface area (Å²) in [5.74, 6) is 0.519. The smallest absolute Gasteiger partial charge is 0.141 e. The van der Waals surface area contributed by atoms with E-state index in [0.29, 0.717) is 12.2 Å². The summed E-state index contributed by atoms with van der Waals surface area (Å²) in [4.78, 5) is 11.7. The maximum Gasteiger partial charge on any atom is 0.141 e. The van der Waals surface area contributed by atoms with Gasteiger partial charge < -0.3 is 0 Å². The summed E-state index contributed by atoms with van der Waals surface area (Å²) in [6, 6.07) is 1.90. The molecule has 3 nitrogen and oxygen atoms in total. The quantitative estimate of drug-likeness (QED) is 0.718. The summed E-state index contributed by atoms with van der Waals surface area (Å²) >= 11 is 0. The SMILES string of the molecule is CCC(CC)C(=O)Cc1ccn(C)n1. The van der Waals surface area contributed by atoms with E-state index in [9.17, 15) is 4.79 Å². The number of aryl methyl sites for hydroxylation is 1. The van der Waals surface area contributed by atoms with Crippen LogP contribution in [0.2, 0.25) is 0 Å². The van der Waals surface area contributed by atoms with Crippen LogP contribution < -0.4 is 0 Å². The van der Waals surface area contributed by atoms with Crippen molar-refractivity contribution in [1.82, 2.24) is 9.78 Å². The van der Waals surface area contributed by atoms with Crippen LogP contribution in [-0.4, -0.2) is 15.6 Å². The Balaban J connectivity index is 2.56. The zero-order valence-electron chi connectivity index (χ0n) is 9.16. The standard InChI is InChI=1S/C11H18N2O/c1-4-9(5-2)11(14)8-10-6-7-13(3)12-10/h6-7,9H,4-5,8H2,1-3H3. The number of rotatable bonds is 5. The topological polar surface area (TPSA) is 34.9 Å². The lowest BCUT2D eigenvalue weighted by molar-refractivity contribution is -0.122. The maximum atomic E-state index is 11.7. The summed E-state index contributed by atoms with van der Waals surface area (Å²) in [6.07, 6.45) is 4.22. The van der Waals surface area contributed by atoms with Crippen LogP contribution in [0.15, 0.2) is 12.3 Å². The number of aromatic nitrogens is 2. The first-order valence-corrected chi connectivity index (χ1v) is 5.18. The molecule has 0 bridgehead atoms. The average Bonchev–Trinajstić information content (AvgIpc) is 2.53. The van der Waals surface area contributed by atoms with E-state index in [-0.39, 0.29) is 5.92 Å². The molecular formula is C11H18N2O. The molecule has 0 N–H and O–H groups in total. The van der Waals surface area contributed by atoms with E-state index in [1.807, 2.05) is 19.3 Å². The van der Waals surface area contributed by atoms with Gasteiger partial charge in [-0.2, -0.15) is 5.10 Å². The molecule has 3 heteroatoms. The molecular weight excluding hydrogens is 176 g/mol. The second-order valence-electron chi connectivity index (χ2n) is 3.64. The van der Waals surface area contributed by atoms with E-state index in [1.54, 1.807) is 4.68 Å². The zero-order chi connectivity index (χ0) is 10.6. The molecule has 1 heterocycles. The Morgan fingerprint density at radius 1 is 1.50 bits per heavy atom. The van der Waals surface area contributed by atoms with Crippen molar-refractivity contribution in [3.05, 3.63) is 18.0 Å². The van der Waals surface area contributed by atoms with Crippen molar-refractivity contribution in [3.8, 4) is 0 Å². The lowest BCUT2D eigenvalue weighted by Gasteiger charge is -2.09. The second kappa shape index (κ2) is 4.94. The Bertz CT molecular complexity index is 300. The van der Waals surface area contributed by atoms with Crippen LogP contribution >= 0.6 is 0 Å². The van der Waals surface area contributed by atoms with Crippen molar-refractivity contribution in [3.63, 3.8) is 0 Å². The lowest BCUT2D eigenvalue weighted by Crippen LogP contribution is -2.15. The number of carbonyl (C=O) groups is 1. The molecule has 0 aliphatic carbocycles. The molecule has 0 aliphatic heterocycles. The number of hydrogen-bond donors (Lipinski definition) is 0. The van der Waals surface area contributed by atoms with Gasteiger partial charge in [0, 0.05) is 19.2 Å². The Hall–Kier alpha value is -1.12. The van der Waals surface area contributed by atoms with Crippen LogP contribution in [0.3, 0.4) is 0 Å². The first-order valence-electron chi connectivity index (χ1n) is 5.18. The van der Waals surface area contributed by atoms with Gasteiger partial charge in [0.05, 0.1) is 12.1 Å². The number of Topliss-reactive ketones (excluding diaryl/α,β-unsaturated/α-hetero) is 1. The maximum absolute atomic E-state index is 11.7. The van der Waals surface area contributed by atoms with Gasteiger partial charge in [0.15, 0.2) is 0 Å². The highest BCUT2D eigenvalue weighted by atomic mass is 16.1. The fraction of sp³-hybridized carbons (Fsp3) is 0.636. The monoisotopic (exact) mass is 194 g/mol. The zero-order valence-corrected chi connectivity index (χ0v) is 9.16. The molecule has 0 radical (unpaired) electrons. The molecule has 0 atom stereocenters. The van der Waals surface area contributed by atoms with E-state index in [2.05, 4.69) is 18.9 Å². The third-order valence-electron chi connectivity index (χ3n) is 2.57. The predicted molar refractivity (Wildman–Crippen MR) is 56.0 cm³/mol. The number of ketones is 1. The van der Waals surface area contributed by atoms with Crippen molar-refractivity contribution < 1.29 is 4.79 Å². The summed E-state index contributed by atoms with van der Waals surface area (Å²) in [6.45, 7) is 4.12. The molecule has 0 spiro atoms. The highest BCUT2D eigenvalue weighted by Crippen LogP contribution is 2.11. The van der Waals surface area contributed by atoms with Gasteiger partial charge in [-0.1, -0.05) is 13.8 Å². The average molecular weight is 194 g/mol. The van der Waals surface area contributed by atoms with Gasteiger partial charge in [0.2, 0.25) is 0 Å². The van der Waals surface area contributed by atoms with Crippen molar-refractivity contribution in [1.29, 1.82) is 0 Å².